The third-order valence-corrected chi connectivity index (χ3v) is 4.81. The second kappa shape index (κ2) is 8.71. The number of nitrogens with zero attached hydrogens (tertiary/aromatic N) is 1. The lowest BCUT2D eigenvalue weighted by molar-refractivity contribution is -0.149. The Morgan fingerprint density at radius 3 is 2.60 bits per heavy atom. The monoisotopic (exact) mass is 385 g/mol. The molecule has 0 heterocycles. The molecule has 0 aliphatic carbocycles. The van der Waals surface area contributed by atoms with Crippen LogP contribution in [0.1, 0.15) is 13.8 Å². The molecule has 8 nitrogen and oxygen atoms in total. The molecule has 25 heavy (non-hydrogen) atoms. The minimum atomic E-state index is -4.01. The van der Waals surface area contributed by atoms with Gasteiger partial charge in [0.2, 0.25) is 10.0 Å². The number of carbonyl (C=O) groups is 2. The van der Waals surface area contributed by atoms with Crippen molar-refractivity contribution in [2.75, 3.05) is 6.61 Å². The molecule has 1 aromatic carbocycles. The first-order valence-electron chi connectivity index (χ1n) is 7.00. The van der Waals surface area contributed by atoms with Gasteiger partial charge < -0.3 is 10.1 Å². The van der Waals surface area contributed by atoms with E-state index in [-0.39, 0.29) is 15.6 Å². The fraction of sp³-hybridized carbons (Fsp3) is 0.333. The lowest BCUT2D eigenvalue weighted by atomic mass is 10.0. The van der Waals surface area contributed by atoms with Crippen LogP contribution < -0.4 is 4.72 Å². The van der Waals surface area contributed by atoms with Gasteiger partial charge in [0, 0.05) is 10.7 Å². The van der Waals surface area contributed by atoms with Gasteiger partial charge in [0.15, 0.2) is 12.4 Å². The third kappa shape index (κ3) is 5.94. The average molecular weight is 386 g/mol. The van der Waals surface area contributed by atoms with E-state index >= 15 is 0 Å². The maximum atomic E-state index is 12.2. The van der Waals surface area contributed by atoms with Crippen molar-refractivity contribution in [1.29, 1.82) is 10.7 Å². The lowest BCUT2D eigenvalue weighted by Crippen LogP contribution is -2.40. The van der Waals surface area contributed by atoms with E-state index in [0.29, 0.717) is 0 Å². The number of esters is 1. The SMILES string of the molecule is CC(=N)[C@H](C#N)C(=O)COC(=O)[C@H](C)NS(=O)(=O)c1cccc(Cl)c1. The van der Waals surface area contributed by atoms with Crippen molar-refractivity contribution < 1.29 is 22.7 Å². The zero-order valence-corrected chi connectivity index (χ0v) is 15.0. The Labute approximate surface area is 150 Å². The van der Waals surface area contributed by atoms with Gasteiger partial charge in [-0.15, -0.1) is 0 Å². The van der Waals surface area contributed by atoms with Gasteiger partial charge in [-0.2, -0.15) is 9.98 Å². The van der Waals surface area contributed by atoms with Crippen molar-refractivity contribution >= 4 is 39.1 Å². The summed E-state index contributed by atoms with van der Waals surface area (Å²) in [4.78, 5) is 23.4. The Kier molecular flexibility index (Phi) is 7.23. The molecule has 0 fully saturated rings. The first kappa shape index (κ1) is 20.8. The van der Waals surface area contributed by atoms with E-state index in [2.05, 4.69) is 4.72 Å². The standard InChI is InChI=1S/C15H16ClN3O5S/c1-9(18)13(7-17)14(20)8-24-15(21)10(2)19-25(22,23)12-5-3-4-11(16)6-12/h3-6,10,13,18-19H,8H2,1-2H3/t10-,13-/m0/s1. The van der Waals surface area contributed by atoms with Crippen molar-refractivity contribution in [3.63, 3.8) is 0 Å². The van der Waals surface area contributed by atoms with E-state index in [4.69, 9.17) is 27.0 Å². The van der Waals surface area contributed by atoms with E-state index in [0.717, 1.165) is 0 Å². The van der Waals surface area contributed by atoms with Crippen LogP contribution >= 0.6 is 11.6 Å². The summed E-state index contributed by atoms with van der Waals surface area (Å²) >= 11 is 5.74. The number of sulfonamides is 1. The molecule has 0 spiro atoms. The highest BCUT2D eigenvalue weighted by molar-refractivity contribution is 7.89. The van der Waals surface area contributed by atoms with Crippen LogP contribution in [0.4, 0.5) is 0 Å². The lowest BCUT2D eigenvalue weighted by Gasteiger charge is -2.14. The molecule has 0 aliphatic heterocycles. The maximum absolute atomic E-state index is 12.2. The fourth-order valence-corrected chi connectivity index (χ4v) is 3.24. The van der Waals surface area contributed by atoms with Crippen molar-refractivity contribution in [3.8, 4) is 6.07 Å². The van der Waals surface area contributed by atoms with Crippen molar-refractivity contribution in [2.45, 2.75) is 24.8 Å². The van der Waals surface area contributed by atoms with Crippen molar-refractivity contribution in [3.05, 3.63) is 29.3 Å². The Balaban J connectivity index is 2.70. The number of hydrogen-bond donors (Lipinski definition) is 2. The van der Waals surface area contributed by atoms with Crippen LogP contribution in [0.5, 0.6) is 0 Å². The van der Waals surface area contributed by atoms with E-state index < -0.39 is 40.3 Å². The largest absolute Gasteiger partial charge is 0.456 e. The van der Waals surface area contributed by atoms with E-state index in [1.807, 2.05) is 0 Å². The third-order valence-electron chi connectivity index (χ3n) is 3.03. The topological polar surface area (TPSA) is 137 Å². The Morgan fingerprint density at radius 1 is 1.44 bits per heavy atom. The van der Waals surface area contributed by atoms with Crippen molar-refractivity contribution in [2.24, 2.45) is 5.92 Å². The van der Waals surface area contributed by atoms with Gasteiger partial charge in [-0.05, 0) is 32.0 Å². The van der Waals surface area contributed by atoms with E-state index in [1.54, 1.807) is 6.07 Å². The predicted molar refractivity (Wildman–Crippen MR) is 89.7 cm³/mol. The molecule has 0 saturated heterocycles. The van der Waals surface area contributed by atoms with Gasteiger partial charge in [0.05, 0.1) is 11.0 Å². The predicted octanol–water partition coefficient (Wildman–Crippen LogP) is 1.30. The van der Waals surface area contributed by atoms with Crippen LogP contribution in [0, 0.1) is 22.7 Å². The summed E-state index contributed by atoms with van der Waals surface area (Å²) < 4.78 is 31.2. The zero-order chi connectivity index (χ0) is 19.2. The summed E-state index contributed by atoms with van der Waals surface area (Å²) in [5.41, 5.74) is -0.168. The first-order valence-corrected chi connectivity index (χ1v) is 8.86. The molecule has 0 aliphatic rings. The molecule has 0 saturated carbocycles. The number of nitriles is 1. The second-order valence-electron chi connectivity index (χ2n) is 5.12. The smallest absolute Gasteiger partial charge is 0.324 e. The fourth-order valence-electron chi connectivity index (χ4n) is 1.74. The molecule has 0 bridgehead atoms. The molecule has 0 aromatic heterocycles. The first-order chi connectivity index (χ1) is 11.6. The Bertz CT molecular complexity index is 832. The Morgan fingerprint density at radius 2 is 2.08 bits per heavy atom. The summed E-state index contributed by atoms with van der Waals surface area (Å²) in [5.74, 6) is -3.04. The summed E-state index contributed by atoms with van der Waals surface area (Å²) in [6, 6.07) is 5.83. The number of ketones is 1. The van der Waals surface area contributed by atoms with E-state index in [1.165, 1.54) is 38.1 Å². The number of carbonyl (C=O) groups excluding carboxylic acids is 2. The number of hydrogen-bond acceptors (Lipinski definition) is 7. The molecule has 10 heteroatoms. The number of ether oxygens (including phenoxy) is 1. The number of benzene rings is 1. The summed E-state index contributed by atoms with van der Waals surface area (Å²) in [6.07, 6.45) is 0. The molecule has 1 rings (SSSR count). The number of Topliss-reactive ketones (excluding diaryl/α,β-unsaturated/α-hetero) is 1. The number of nitrogens with one attached hydrogen (secondary N) is 2. The van der Waals surface area contributed by atoms with Gasteiger partial charge in [-0.25, -0.2) is 8.42 Å². The normalized spacial score (nSPS) is 13.4. The summed E-state index contributed by atoms with van der Waals surface area (Å²) in [7, 11) is -4.01. The van der Waals surface area contributed by atoms with Crippen LogP contribution in [0.3, 0.4) is 0 Å². The van der Waals surface area contributed by atoms with Crippen LogP contribution in [0.2, 0.25) is 5.02 Å². The van der Waals surface area contributed by atoms with Gasteiger partial charge in [0.25, 0.3) is 0 Å². The van der Waals surface area contributed by atoms with Crippen LogP contribution in [0.25, 0.3) is 0 Å². The number of halogens is 1. The van der Waals surface area contributed by atoms with Crippen LogP contribution in [0.15, 0.2) is 29.2 Å². The summed E-state index contributed by atoms with van der Waals surface area (Å²) in [5, 5.41) is 16.3. The average Bonchev–Trinajstić information content (AvgIpc) is 2.52. The van der Waals surface area contributed by atoms with E-state index in [9.17, 15) is 18.0 Å². The van der Waals surface area contributed by atoms with Gasteiger partial charge in [-0.1, -0.05) is 17.7 Å². The maximum Gasteiger partial charge on any atom is 0.324 e. The molecule has 1 aromatic rings. The minimum Gasteiger partial charge on any atom is -0.456 e. The quantitative estimate of drug-likeness (QED) is 0.511. The molecule has 0 unspecified atom stereocenters. The molecule has 0 radical (unpaired) electrons. The number of rotatable bonds is 8. The minimum absolute atomic E-state index is 0.125. The van der Waals surface area contributed by atoms with Crippen LogP contribution in [-0.2, 0) is 24.3 Å². The second-order valence-corrected chi connectivity index (χ2v) is 7.27. The highest BCUT2D eigenvalue weighted by atomic mass is 35.5. The summed E-state index contributed by atoms with van der Waals surface area (Å²) in [6.45, 7) is 1.81. The van der Waals surface area contributed by atoms with Crippen molar-refractivity contribution in [1.82, 2.24) is 4.72 Å². The molecular weight excluding hydrogens is 370 g/mol. The highest BCUT2D eigenvalue weighted by Crippen LogP contribution is 2.15. The van der Waals surface area contributed by atoms with Gasteiger partial charge in [0.1, 0.15) is 12.0 Å². The molecule has 2 N–H and O–H groups in total. The molecule has 0 amide bonds. The van der Waals surface area contributed by atoms with Gasteiger partial charge >= 0.3 is 5.97 Å². The zero-order valence-electron chi connectivity index (χ0n) is 13.4. The molecular formula is C15H16ClN3O5S. The molecule has 2 atom stereocenters. The molecule has 134 valence electrons. The highest BCUT2D eigenvalue weighted by Gasteiger charge is 2.26. The Hall–Kier alpha value is -2.28. The van der Waals surface area contributed by atoms with Gasteiger partial charge in [-0.3, -0.25) is 9.59 Å². The van der Waals surface area contributed by atoms with Crippen LogP contribution in [-0.4, -0.2) is 38.5 Å².